The van der Waals surface area contributed by atoms with Crippen LogP contribution in [-0.2, 0) is 4.79 Å². The summed E-state index contributed by atoms with van der Waals surface area (Å²) in [6.45, 7) is 3.59. The van der Waals surface area contributed by atoms with Crippen LogP contribution >= 0.6 is 0 Å². The number of carbonyl (C=O) groups excluding carboxylic acids is 1. The van der Waals surface area contributed by atoms with Gasteiger partial charge in [0.15, 0.2) is 0 Å². The van der Waals surface area contributed by atoms with Gasteiger partial charge in [-0.15, -0.1) is 0 Å². The van der Waals surface area contributed by atoms with Gasteiger partial charge < -0.3 is 10.0 Å². The van der Waals surface area contributed by atoms with E-state index in [2.05, 4.69) is 6.92 Å². The Hall–Kier alpha value is -0.570. The van der Waals surface area contributed by atoms with Gasteiger partial charge in [0.05, 0.1) is 6.10 Å². The zero-order chi connectivity index (χ0) is 21.0. The van der Waals surface area contributed by atoms with Crippen LogP contribution in [0.2, 0.25) is 0 Å². The number of hydrogen-bond acceptors (Lipinski definition) is 2. The first-order valence-corrected chi connectivity index (χ1v) is 13.2. The smallest absolute Gasteiger partial charge is 0.222 e. The van der Waals surface area contributed by atoms with E-state index in [0.29, 0.717) is 13.0 Å². The third-order valence-electron chi connectivity index (χ3n) is 6.51. The van der Waals surface area contributed by atoms with Gasteiger partial charge in [0.25, 0.3) is 0 Å². The van der Waals surface area contributed by atoms with E-state index in [1.54, 1.807) is 0 Å². The van der Waals surface area contributed by atoms with Crippen molar-refractivity contribution in [2.24, 2.45) is 0 Å². The molecule has 1 aliphatic heterocycles. The Bertz CT molecular complexity index is 372. The van der Waals surface area contributed by atoms with E-state index < -0.39 is 0 Å². The van der Waals surface area contributed by atoms with E-state index in [1.165, 1.54) is 116 Å². The van der Waals surface area contributed by atoms with Crippen LogP contribution < -0.4 is 0 Å². The van der Waals surface area contributed by atoms with Gasteiger partial charge in [0.1, 0.15) is 0 Å². The number of amides is 1. The Balaban J connectivity index is 1.69. The van der Waals surface area contributed by atoms with Crippen LogP contribution in [0.3, 0.4) is 0 Å². The third-order valence-corrected chi connectivity index (χ3v) is 6.51. The fourth-order valence-corrected chi connectivity index (χ4v) is 4.48. The Labute approximate surface area is 182 Å². The molecule has 0 unspecified atom stereocenters. The molecule has 0 saturated carbocycles. The van der Waals surface area contributed by atoms with Crippen LogP contribution in [0.25, 0.3) is 0 Å². The second-order valence-electron chi connectivity index (χ2n) is 9.40. The minimum absolute atomic E-state index is 0.244. The zero-order valence-corrected chi connectivity index (χ0v) is 19.6. The predicted octanol–water partition coefficient (Wildman–Crippen LogP) is 7.40. The number of rotatable bonds is 20. The standard InChI is InChI=1S/C26H51NO2/c1-2-3-4-5-6-7-8-9-10-11-12-13-14-15-16-17-18-19-20-21-26(29)27-23-22-25(28)24-27/h25,28H,2-24H2,1H3/t25-/m0/s1. The molecule has 0 bridgehead atoms. The summed E-state index contributed by atoms with van der Waals surface area (Å²) in [5, 5.41) is 9.49. The maximum Gasteiger partial charge on any atom is 0.222 e. The summed E-state index contributed by atoms with van der Waals surface area (Å²) in [4.78, 5) is 13.8. The highest BCUT2D eigenvalue weighted by molar-refractivity contribution is 5.76. The van der Waals surface area contributed by atoms with E-state index in [1.807, 2.05) is 4.90 Å². The molecule has 3 nitrogen and oxygen atoms in total. The molecule has 1 N–H and O–H groups in total. The van der Waals surface area contributed by atoms with Crippen LogP contribution in [0.15, 0.2) is 0 Å². The van der Waals surface area contributed by atoms with Gasteiger partial charge in [0.2, 0.25) is 5.91 Å². The first kappa shape index (κ1) is 26.5. The van der Waals surface area contributed by atoms with Crippen molar-refractivity contribution in [3.8, 4) is 0 Å². The van der Waals surface area contributed by atoms with Gasteiger partial charge in [0, 0.05) is 19.5 Å². The lowest BCUT2D eigenvalue weighted by atomic mass is 10.0. The van der Waals surface area contributed by atoms with Gasteiger partial charge in [-0.2, -0.15) is 0 Å². The first-order valence-electron chi connectivity index (χ1n) is 13.2. The predicted molar refractivity (Wildman–Crippen MR) is 125 cm³/mol. The molecule has 0 aromatic carbocycles. The molecule has 0 aromatic heterocycles. The van der Waals surface area contributed by atoms with Crippen molar-refractivity contribution in [1.82, 2.24) is 4.90 Å². The van der Waals surface area contributed by atoms with Gasteiger partial charge in [-0.25, -0.2) is 0 Å². The summed E-state index contributed by atoms with van der Waals surface area (Å²) in [7, 11) is 0. The van der Waals surface area contributed by atoms with Gasteiger partial charge in [-0.3, -0.25) is 4.79 Å². The number of β-amino-alcohol motifs (C(OH)–C–C–N with tert-alkyl or cyclic N) is 1. The maximum absolute atomic E-state index is 12.0. The molecule has 1 fully saturated rings. The molecular formula is C26H51NO2. The largest absolute Gasteiger partial charge is 0.391 e. The number of hydrogen-bond donors (Lipinski definition) is 1. The van der Waals surface area contributed by atoms with Crippen molar-refractivity contribution < 1.29 is 9.90 Å². The molecule has 1 rings (SSSR count). The van der Waals surface area contributed by atoms with Crippen LogP contribution in [0, 0.1) is 0 Å². The first-order chi connectivity index (χ1) is 14.2. The molecule has 1 heterocycles. The van der Waals surface area contributed by atoms with Crippen molar-refractivity contribution in [2.75, 3.05) is 13.1 Å². The lowest BCUT2D eigenvalue weighted by Crippen LogP contribution is -2.29. The second kappa shape index (κ2) is 19.4. The van der Waals surface area contributed by atoms with E-state index >= 15 is 0 Å². The van der Waals surface area contributed by atoms with Crippen molar-refractivity contribution in [2.45, 2.75) is 148 Å². The van der Waals surface area contributed by atoms with Crippen LogP contribution in [0.5, 0.6) is 0 Å². The summed E-state index contributed by atoms with van der Waals surface area (Å²) >= 11 is 0. The van der Waals surface area contributed by atoms with Crippen LogP contribution in [0.1, 0.15) is 142 Å². The van der Waals surface area contributed by atoms with E-state index in [0.717, 1.165) is 19.4 Å². The lowest BCUT2D eigenvalue weighted by molar-refractivity contribution is -0.130. The summed E-state index contributed by atoms with van der Waals surface area (Å²) in [6.07, 6.45) is 27.4. The number of aliphatic hydroxyl groups is 1. The van der Waals surface area contributed by atoms with Crippen LogP contribution in [-0.4, -0.2) is 35.1 Å². The SMILES string of the molecule is CCCCCCCCCCCCCCCCCCCCCC(=O)N1CC[C@H](O)C1. The average Bonchev–Trinajstić information content (AvgIpc) is 3.16. The molecule has 0 radical (unpaired) electrons. The number of nitrogens with zero attached hydrogens (tertiary/aromatic N) is 1. The van der Waals surface area contributed by atoms with Crippen molar-refractivity contribution >= 4 is 5.91 Å². The van der Waals surface area contributed by atoms with Gasteiger partial charge in [-0.1, -0.05) is 122 Å². The normalized spacial score (nSPS) is 16.6. The molecule has 172 valence electrons. The fourth-order valence-electron chi connectivity index (χ4n) is 4.48. The van der Waals surface area contributed by atoms with E-state index in [-0.39, 0.29) is 12.0 Å². The van der Waals surface area contributed by atoms with Gasteiger partial charge in [-0.05, 0) is 12.8 Å². The molecular weight excluding hydrogens is 358 g/mol. The molecule has 3 heteroatoms. The minimum atomic E-state index is -0.288. The molecule has 29 heavy (non-hydrogen) atoms. The third kappa shape index (κ3) is 15.9. The van der Waals surface area contributed by atoms with E-state index in [4.69, 9.17) is 0 Å². The highest BCUT2D eigenvalue weighted by Crippen LogP contribution is 2.16. The topological polar surface area (TPSA) is 40.5 Å². The summed E-state index contributed by atoms with van der Waals surface area (Å²) in [5.41, 5.74) is 0. The molecule has 0 spiro atoms. The van der Waals surface area contributed by atoms with Crippen molar-refractivity contribution in [1.29, 1.82) is 0 Å². The quantitative estimate of drug-likeness (QED) is 0.213. The Morgan fingerprint density at radius 2 is 1.07 bits per heavy atom. The van der Waals surface area contributed by atoms with Crippen molar-refractivity contribution in [3.63, 3.8) is 0 Å². The Morgan fingerprint density at radius 1 is 0.690 bits per heavy atom. The van der Waals surface area contributed by atoms with E-state index in [9.17, 15) is 9.90 Å². The maximum atomic E-state index is 12.0. The number of aliphatic hydroxyl groups excluding tert-OH is 1. The zero-order valence-electron chi connectivity index (χ0n) is 19.6. The molecule has 1 saturated heterocycles. The number of likely N-dealkylation sites (tertiary alicyclic amines) is 1. The Morgan fingerprint density at radius 3 is 1.41 bits per heavy atom. The Kier molecular flexibility index (Phi) is 17.7. The molecule has 0 aromatic rings. The highest BCUT2D eigenvalue weighted by Gasteiger charge is 2.23. The second-order valence-corrected chi connectivity index (χ2v) is 9.40. The monoisotopic (exact) mass is 409 g/mol. The lowest BCUT2D eigenvalue weighted by Gasteiger charge is -2.15. The average molecular weight is 410 g/mol. The summed E-state index contributed by atoms with van der Waals surface area (Å²) in [5.74, 6) is 0.244. The minimum Gasteiger partial charge on any atom is -0.391 e. The molecule has 1 aliphatic rings. The van der Waals surface area contributed by atoms with Crippen molar-refractivity contribution in [3.05, 3.63) is 0 Å². The molecule has 1 amide bonds. The molecule has 1 atom stereocenters. The number of carbonyl (C=O) groups is 1. The highest BCUT2D eigenvalue weighted by atomic mass is 16.3. The number of unbranched alkanes of at least 4 members (excludes halogenated alkanes) is 18. The fraction of sp³-hybridized carbons (Fsp3) is 0.962. The summed E-state index contributed by atoms with van der Waals surface area (Å²) in [6, 6.07) is 0. The summed E-state index contributed by atoms with van der Waals surface area (Å²) < 4.78 is 0. The van der Waals surface area contributed by atoms with Crippen LogP contribution in [0.4, 0.5) is 0 Å². The van der Waals surface area contributed by atoms with Gasteiger partial charge >= 0.3 is 0 Å². The molecule has 0 aliphatic carbocycles.